The lowest BCUT2D eigenvalue weighted by molar-refractivity contribution is -0.154. The van der Waals surface area contributed by atoms with Crippen molar-refractivity contribution >= 4 is 29.5 Å². The summed E-state index contributed by atoms with van der Waals surface area (Å²) in [5.41, 5.74) is 0. The predicted octanol–water partition coefficient (Wildman–Crippen LogP) is 1.32. The smallest absolute Gasteiger partial charge is 0.310 e. The van der Waals surface area contributed by atoms with Crippen LogP contribution in [-0.4, -0.2) is 119 Å². The lowest BCUT2D eigenvalue weighted by Gasteiger charge is -2.38. The van der Waals surface area contributed by atoms with Crippen molar-refractivity contribution in [2.75, 3.05) is 65.7 Å². The van der Waals surface area contributed by atoms with Crippen molar-refractivity contribution in [3.05, 3.63) is 25.3 Å². The Labute approximate surface area is 224 Å². The number of ether oxygens (including phenoxy) is 2. The maximum Gasteiger partial charge on any atom is 0.310 e. The highest BCUT2D eigenvalue weighted by molar-refractivity contribution is 8.02. The normalized spacial score (nSPS) is 30.8. The quantitative estimate of drug-likeness (QED) is 0.202. The van der Waals surface area contributed by atoms with Gasteiger partial charge in [0.1, 0.15) is 6.04 Å². The number of hydrogen-bond donors (Lipinski definition) is 1. The van der Waals surface area contributed by atoms with Crippen LogP contribution in [0.5, 0.6) is 0 Å². The molecule has 2 bridgehead atoms. The Kier molecular flexibility index (Phi) is 9.72. The zero-order valence-electron chi connectivity index (χ0n) is 21.7. The van der Waals surface area contributed by atoms with E-state index < -0.39 is 22.6 Å². The molecule has 4 fully saturated rings. The van der Waals surface area contributed by atoms with Gasteiger partial charge in [-0.3, -0.25) is 19.3 Å². The number of likely N-dealkylation sites (tertiary alicyclic amines) is 1. The third kappa shape index (κ3) is 5.62. The third-order valence-corrected chi connectivity index (χ3v) is 10.1. The van der Waals surface area contributed by atoms with E-state index in [0.29, 0.717) is 52.3 Å². The second kappa shape index (κ2) is 12.8. The van der Waals surface area contributed by atoms with Crippen LogP contribution in [0.4, 0.5) is 0 Å². The second-order valence-electron chi connectivity index (χ2n) is 10.3. The zero-order valence-corrected chi connectivity index (χ0v) is 22.5. The number of fused-ring (bicyclic) bond motifs is 1. The largest absolute Gasteiger partial charge is 0.465 e. The van der Waals surface area contributed by atoms with Crippen LogP contribution in [-0.2, 0) is 23.9 Å². The molecular weight excluding hydrogens is 494 g/mol. The molecular formula is C27H41N3O6S. The number of morpholine rings is 1. The van der Waals surface area contributed by atoms with E-state index in [2.05, 4.69) is 18.1 Å². The fourth-order valence-electron chi connectivity index (χ4n) is 6.39. The van der Waals surface area contributed by atoms with Gasteiger partial charge in [-0.25, -0.2) is 0 Å². The van der Waals surface area contributed by atoms with E-state index in [1.165, 1.54) is 0 Å². The van der Waals surface area contributed by atoms with Crippen molar-refractivity contribution in [1.82, 2.24) is 14.7 Å². The van der Waals surface area contributed by atoms with Gasteiger partial charge in [-0.2, -0.15) is 0 Å². The molecule has 4 rings (SSSR count). The first kappa shape index (κ1) is 28.1. The minimum atomic E-state index is -0.658. The van der Waals surface area contributed by atoms with Crippen LogP contribution in [0.3, 0.4) is 0 Å². The number of thioether (sulfide) groups is 1. The number of esters is 1. The molecule has 37 heavy (non-hydrogen) atoms. The first-order valence-corrected chi connectivity index (χ1v) is 14.4. The van der Waals surface area contributed by atoms with Gasteiger partial charge in [-0.05, 0) is 32.1 Å². The number of allylic oxidation sites excluding steroid dienone is 1. The number of hydrogen-bond acceptors (Lipinski definition) is 8. The Morgan fingerprint density at radius 1 is 1.22 bits per heavy atom. The Balaban J connectivity index is 1.56. The Bertz CT molecular complexity index is 865. The maximum atomic E-state index is 14.2. The van der Waals surface area contributed by atoms with Crippen LogP contribution < -0.4 is 0 Å². The summed E-state index contributed by atoms with van der Waals surface area (Å²) >= 11 is 1.65. The molecule has 9 nitrogen and oxygen atoms in total. The molecule has 2 unspecified atom stereocenters. The van der Waals surface area contributed by atoms with E-state index in [0.717, 1.165) is 38.9 Å². The SMILES string of the molecule is C=CCCCOC(=O)[C@@H]1[C@@H]2CCC3(S2)C(C(=O)N(CC=C)CCN2CCOCC2)N(CCCO)C(=O)[C@H]13. The summed E-state index contributed by atoms with van der Waals surface area (Å²) in [5, 5.41) is 9.51. The lowest BCUT2D eigenvalue weighted by atomic mass is 9.71. The average molecular weight is 536 g/mol. The number of carbonyl (C=O) groups is 3. The number of unbranched alkanes of at least 4 members (excludes halogenated alkanes) is 1. The van der Waals surface area contributed by atoms with Gasteiger partial charge in [0.15, 0.2) is 0 Å². The van der Waals surface area contributed by atoms with Gasteiger partial charge in [0.2, 0.25) is 11.8 Å². The molecule has 0 aromatic heterocycles. The maximum absolute atomic E-state index is 14.2. The first-order valence-electron chi connectivity index (χ1n) is 13.5. The Hall–Kier alpha value is -1.88. The number of rotatable bonds is 14. The molecule has 5 atom stereocenters. The molecule has 4 aliphatic heterocycles. The van der Waals surface area contributed by atoms with Crippen molar-refractivity contribution in [3.63, 3.8) is 0 Å². The molecule has 0 aliphatic carbocycles. The topological polar surface area (TPSA) is 99.6 Å². The molecule has 4 heterocycles. The van der Waals surface area contributed by atoms with E-state index >= 15 is 0 Å². The van der Waals surface area contributed by atoms with Gasteiger partial charge >= 0.3 is 5.97 Å². The Morgan fingerprint density at radius 3 is 2.70 bits per heavy atom. The molecule has 206 valence electrons. The minimum absolute atomic E-state index is 0.0163. The van der Waals surface area contributed by atoms with Crippen molar-refractivity contribution in [3.8, 4) is 0 Å². The van der Waals surface area contributed by atoms with E-state index in [1.807, 2.05) is 0 Å². The summed E-state index contributed by atoms with van der Waals surface area (Å²) in [6.45, 7) is 12.8. The van der Waals surface area contributed by atoms with Crippen LogP contribution in [0.25, 0.3) is 0 Å². The van der Waals surface area contributed by atoms with Crippen LogP contribution in [0.1, 0.15) is 32.1 Å². The fraction of sp³-hybridized carbons (Fsp3) is 0.741. The molecule has 1 spiro atoms. The predicted molar refractivity (Wildman–Crippen MR) is 142 cm³/mol. The molecule has 10 heteroatoms. The van der Waals surface area contributed by atoms with Gasteiger partial charge in [0.05, 0.1) is 36.4 Å². The monoisotopic (exact) mass is 535 g/mol. The molecule has 0 saturated carbocycles. The van der Waals surface area contributed by atoms with E-state index in [-0.39, 0.29) is 29.6 Å². The molecule has 2 amide bonds. The number of amides is 2. The average Bonchev–Trinajstić information content (AvgIpc) is 3.55. The summed E-state index contributed by atoms with van der Waals surface area (Å²) in [7, 11) is 0. The van der Waals surface area contributed by atoms with Crippen LogP contribution in [0.15, 0.2) is 25.3 Å². The number of carbonyl (C=O) groups excluding carboxylic acids is 3. The van der Waals surface area contributed by atoms with Gasteiger partial charge in [0, 0.05) is 51.1 Å². The van der Waals surface area contributed by atoms with Crippen LogP contribution in [0, 0.1) is 11.8 Å². The molecule has 1 N–H and O–H groups in total. The summed E-state index contributed by atoms with van der Waals surface area (Å²) in [4.78, 5) is 47.0. The zero-order chi connectivity index (χ0) is 26.4. The summed E-state index contributed by atoms with van der Waals surface area (Å²) in [5.74, 6) is -1.67. The summed E-state index contributed by atoms with van der Waals surface area (Å²) in [6, 6.07) is -0.658. The van der Waals surface area contributed by atoms with Crippen LogP contribution >= 0.6 is 11.8 Å². The second-order valence-corrected chi connectivity index (χ2v) is 11.9. The van der Waals surface area contributed by atoms with E-state index in [9.17, 15) is 19.5 Å². The first-order chi connectivity index (χ1) is 18.0. The molecule has 4 aliphatic rings. The standard InChI is InChI=1S/C27H41N3O6S/c1-3-5-6-17-36-26(34)21-20-8-9-27(37-20)22(21)24(32)30(11-7-16-31)23(27)25(33)29(10-4-2)13-12-28-14-18-35-19-15-28/h3-4,20-23,31H,1-2,5-19H2/t20-,21+,22-,23?,27?/m0/s1. The highest BCUT2D eigenvalue weighted by atomic mass is 32.2. The lowest BCUT2D eigenvalue weighted by Crippen LogP contribution is -2.56. The number of aliphatic hydroxyl groups is 1. The highest BCUT2D eigenvalue weighted by Crippen LogP contribution is 2.66. The van der Waals surface area contributed by atoms with Crippen molar-refractivity contribution in [2.24, 2.45) is 11.8 Å². The molecule has 0 aromatic rings. The van der Waals surface area contributed by atoms with Gasteiger partial charge in [0.25, 0.3) is 0 Å². The van der Waals surface area contributed by atoms with Gasteiger partial charge in [-0.1, -0.05) is 12.2 Å². The third-order valence-electron chi connectivity index (χ3n) is 8.11. The minimum Gasteiger partial charge on any atom is -0.465 e. The number of nitrogens with zero attached hydrogens (tertiary/aromatic N) is 3. The molecule has 0 radical (unpaired) electrons. The van der Waals surface area contributed by atoms with E-state index in [1.54, 1.807) is 33.7 Å². The Morgan fingerprint density at radius 2 is 2.00 bits per heavy atom. The molecule has 4 saturated heterocycles. The van der Waals surface area contributed by atoms with Crippen molar-refractivity contribution in [2.45, 2.75) is 48.1 Å². The van der Waals surface area contributed by atoms with Crippen molar-refractivity contribution in [1.29, 1.82) is 0 Å². The number of aliphatic hydroxyl groups excluding tert-OH is 1. The molecule has 0 aromatic carbocycles. The summed E-state index contributed by atoms with van der Waals surface area (Å²) < 4.78 is 10.4. The van der Waals surface area contributed by atoms with Gasteiger partial charge < -0.3 is 24.4 Å². The van der Waals surface area contributed by atoms with Gasteiger partial charge in [-0.15, -0.1) is 24.9 Å². The van der Waals surface area contributed by atoms with E-state index in [4.69, 9.17) is 9.47 Å². The highest BCUT2D eigenvalue weighted by Gasteiger charge is 2.74. The van der Waals surface area contributed by atoms with Crippen molar-refractivity contribution < 1.29 is 29.0 Å². The summed E-state index contributed by atoms with van der Waals surface area (Å²) in [6.07, 6.45) is 6.87. The fourth-order valence-corrected chi connectivity index (χ4v) is 8.59. The van der Waals surface area contributed by atoms with Crippen LogP contribution in [0.2, 0.25) is 0 Å².